The van der Waals surface area contributed by atoms with Crippen LogP contribution in [-0.4, -0.2) is 38.9 Å². The number of rotatable bonds is 3. The molecule has 1 aliphatic rings. The van der Waals surface area contributed by atoms with Crippen molar-refractivity contribution in [3.8, 4) is 11.5 Å². The predicted octanol–water partition coefficient (Wildman–Crippen LogP) is 1.91. The summed E-state index contributed by atoms with van der Waals surface area (Å²) in [6.45, 7) is 2.90. The van der Waals surface area contributed by atoms with Crippen LogP contribution in [0.25, 0.3) is 11.5 Å². The zero-order chi connectivity index (χ0) is 14.1. The zero-order valence-corrected chi connectivity index (χ0v) is 11.8. The van der Waals surface area contributed by atoms with Gasteiger partial charge < -0.3 is 9.47 Å². The quantitative estimate of drug-likeness (QED) is 0.856. The van der Waals surface area contributed by atoms with Crippen LogP contribution in [0.1, 0.15) is 24.9 Å². The molecular formula is C15H18N4O. The molecule has 0 aromatic carbocycles. The number of pyridine rings is 1. The van der Waals surface area contributed by atoms with Crippen LogP contribution in [-0.2, 0) is 11.2 Å². The molecule has 0 aliphatic carbocycles. The van der Waals surface area contributed by atoms with Crippen molar-refractivity contribution in [1.82, 2.24) is 19.4 Å². The predicted molar refractivity (Wildman–Crippen MR) is 76.1 cm³/mol. The molecule has 1 unspecified atom stereocenters. The minimum atomic E-state index is -0.148. The van der Waals surface area contributed by atoms with Crippen molar-refractivity contribution in [2.24, 2.45) is 0 Å². The second-order valence-electron chi connectivity index (χ2n) is 5.13. The summed E-state index contributed by atoms with van der Waals surface area (Å²) in [5.74, 6) is 0.913. The number of likely N-dealkylation sites (tertiary alicyclic amines) is 1. The highest BCUT2D eigenvalue weighted by molar-refractivity contribution is 5.82. The van der Waals surface area contributed by atoms with Crippen molar-refractivity contribution < 1.29 is 4.79 Å². The summed E-state index contributed by atoms with van der Waals surface area (Å²) >= 11 is 0. The van der Waals surface area contributed by atoms with Crippen LogP contribution in [0.2, 0.25) is 0 Å². The van der Waals surface area contributed by atoms with Crippen LogP contribution in [0, 0.1) is 0 Å². The van der Waals surface area contributed by atoms with Gasteiger partial charge in [0.1, 0.15) is 11.7 Å². The molecule has 2 aromatic rings. The van der Waals surface area contributed by atoms with E-state index in [1.807, 2.05) is 30.1 Å². The normalized spacial score (nSPS) is 18.8. The smallest absolute Gasteiger partial charge is 0.245 e. The van der Waals surface area contributed by atoms with Gasteiger partial charge in [-0.25, -0.2) is 4.98 Å². The number of nitrogens with zero attached hydrogens (tertiary/aromatic N) is 4. The monoisotopic (exact) mass is 270 g/mol. The second-order valence-corrected chi connectivity index (χ2v) is 5.13. The lowest BCUT2D eigenvalue weighted by Gasteiger charge is -2.14. The van der Waals surface area contributed by atoms with Gasteiger partial charge in [0.25, 0.3) is 0 Å². The van der Waals surface area contributed by atoms with Gasteiger partial charge in [0.15, 0.2) is 5.82 Å². The van der Waals surface area contributed by atoms with Gasteiger partial charge in [0, 0.05) is 32.2 Å². The third kappa shape index (κ3) is 2.09. The first-order valence-corrected chi connectivity index (χ1v) is 6.94. The second kappa shape index (κ2) is 5.07. The number of amides is 1. The van der Waals surface area contributed by atoms with E-state index in [0.717, 1.165) is 30.9 Å². The Morgan fingerprint density at radius 2 is 2.20 bits per heavy atom. The minimum absolute atomic E-state index is 0.148. The fourth-order valence-corrected chi connectivity index (χ4v) is 2.59. The van der Waals surface area contributed by atoms with Gasteiger partial charge in [-0.15, -0.1) is 0 Å². The number of carbonyl (C=O) groups is 1. The Balaban J connectivity index is 1.95. The molecule has 1 saturated heterocycles. The number of likely N-dealkylation sites (N-methyl/N-ethyl adjacent to an activating group) is 1. The molecule has 3 heterocycles. The van der Waals surface area contributed by atoms with Crippen molar-refractivity contribution in [2.45, 2.75) is 25.8 Å². The fourth-order valence-electron chi connectivity index (χ4n) is 2.59. The molecule has 1 fully saturated rings. The molecule has 0 N–H and O–H groups in total. The number of imidazole rings is 1. The molecule has 3 rings (SSSR count). The number of aryl methyl sites for hydroxylation is 1. The maximum Gasteiger partial charge on any atom is 0.245 e. The maximum absolute atomic E-state index is 12.1. The van der Waals surface area contributed by atoms with Crippen LogP contribution in [0.5, 0.6) is 0 Å². The van der Waals surface area contributed by atoms with E-state index in [9.17, 15) is 4.79 Å². The summed E-state index contributed by atoms with van der Waals surface area (Å²) in [7, 11) is 1.84. The standard InChI is InChI=1S/C15H18N4O/c1-3-11-4-5-12(17-10-11)14-16-7-9-19(14)13-6-8-18(2)15(13)20/h4-5,7,9-10,13H,3,6,8H2,1-2H3. The molecule has 5 nitrogen and oxygen atoms in total. The number of aromatic nitrogens is 3. The van der Waals surface area contributed by atoms with Gasteiger partial charge >= 0.3 is 0 Å². The van der Waals surface area contributed by atoms with E-state index in [-0.39, 0.29) is 11.9 Å². The van der Waals surface area contributed by atoms with Crippen LogP contribution in [0.4, 0.5) is 0 Å². The van der Waals surface area contributed by atoms with Gasteiger partial charge in [0.2, 0.25) is 5.91 Å². The average Bonchev–Trinajstić information content (AvgIpc) is 3.07. The molecule has 1 atom stereocenters. The molecule has 1 amide bonds. The molecule has 104 valence electrons. The topological polar surface area (TPSA) is 51.0 Å². The third-order valence-corrected chi connectivity index (χ3v) is 3.87. The van der Waals surface area contributed by atoms with E-state index in [1.165, 1.54) is 5.56 Å². The Kier molecular flexibility index (Phi) is 3.26. The first-order valence-electron chi connectivity index (χ1n) is 6.94. The Morgan fingerprint density at radius 3 is 2.80 bits per heavy atom. The van der Waals surface area contributed by atoms with Crippen LogP contribution in [0.15, 0.2) is 30.7 Å². The summed E-state index contributed by atoms with van der Waals surface area (Å²) in [5.41, 5.74) is 2.01. The molecule has 0 saturated carbocycles. The first kappa shape index (κ1) is 12.8. The fraction of sp³-hybridized carbons (Fsp3) is 0.400. The Hall–Kier alpha value is -2.17. The highest BCUT2D eigenvalue weighted by Crippen LogP contribution is 2.27. The minimum Gasteiger partial charge on any atom is -0.344 e. The maximum atomic E-state index is 12.1. The molecule has 20 heavy (non-hydrogen) atoms. The van der Waals surface area contributed by atoms with Crippen molar-refractivity contribution in [3.63, 3.8) is 0 Å². The summed E-state index contributed by atoms with van der Waals surface area (Å²) in [4.78, 5) is 22.7. The SMILES string of the molecule is CCc1ccc(-c2nccn2C2CCN(C)C2=O)nc1. The summed E-state index contributed by atoms with van der Waals surface area (Å²) in [6.07, 6.45) is 7.26. The molecule has 2 aromatic heterocycles. The van der Waals surface area contributed by atoms with Crippen molar-refractivity contribution >= 4 is 5.91 Å². The molecular weight excluding hydrogens is 252 g/mol. The van der Waals surface area contributed by atoms with Gasteiger partial charge in [-0.2, -0.15) is 0 Å². The molecule has 0 spiro atoms. The van der Waals surface area contributed by atoms with E-state index < -0.39 is 0 Å². The molecule has 1 aliphatic heterocycles. The van der Waals surface area contributed by atoms with Gasteiger partial charge in [0.05, 0.1) is 0 Å². The van der Waals surface area contributed by atoms with Crippen LogP contribution >= 0.6 is 0 Å². The van der Waals surface area contributed by atoms with E-state index in [4.69, 9.17) is 0 Å². The Morgan fingerprint density at radius 1 is 1.35 bits per heavy atom. The lowest BCUT2D eigenvalue weighted by molar-refractivity contribution is -0.129. The van der Waals surface area contributed by atoms with Crippen molar-refractivity contribution in [2.75, 3.05) is 13.6 Å². The summed E-state index contributed by atoms with van der Waals surface area (Å²) < 4.78 is 1.94. The Labute approximate surface area is 118 Å². The molecule has 0 radical (unpaired) electrons. The largest absolute Gasteiger partial charge is 0.344 e. The first-order chi connectivity index (χ1) is 9.70. The van der Waals surface area contributed by atoms with E-state index in [2.05, 4.69) is 23.0 Å². The number of carbonyl (C=O) groups excluding carboxylic acids is 1. The number of hydrogen-bond donors (Lipinski definition) is 0. The zero-order valence-electron chi connectivity index (χ0n) is 11.8. The van der Waals surface area contributed by atoms with Gasteiger partial charge in [-0.05, 0) is 24.5 Å². The summed E-state index contributed by atoms with van der Waals surface area (Å²) in [6, 6.07) is 3.88. The van der Waals surface area contributed by atoms with Gasteiger partial charge in [-0.3, -0.25) is 9.78 Å². The van der Waals surface area contributed by atoms with Gasteiger partial charge in [-0.1, -0.05) is 13.0 Å². The molecule has 5 heteroatoms. The van der Waals surface area contributed by atoms with Crippen LogP contribution < -0.4 is 0 Å². The lowest BCUT2D eigenvalue weighted by Crippen LogP contribution is -2.24. The van der Waals surface area contributed by atoms with Crippen molar-refractivity contribution in [3.05, 3.63) is 36.3 Å². The van der Waals surface area contributed by atoms with E-state index in [1.54, 1.807) is 11.1 Å². The number of hydrogen-bond acceptors (Lipinski definition) is 3. The van der Waals surface area contributed by atoms with E-state index >= 15 is 0 Å². The Bertz CT molecular complexity index is 617. The van der Waals surface area contributed by atoms with E-state index in [0.29, 0.717) is 0 Å². The van der Waals surface area contributed by atoms with Crippen molar-refractivity contribution in [1.29, 1.82) is 0 Å². The van der Waals surface area contributed by atoms with Crippen LogP contribution in [0.3, 0.4) is 0 Å². The highest BCUT2D eigenvalue weighted by Gasteiger charge is 2.31. The highest BCUT2D eigenvalue weighted by atomic mass is 16.2. The third-order valence-electron chi connectivity index (χ3n) is 3.87. The summed E-state index contributed by atoms with van der Waals surface area (Å²) in [5, 5.41) is 0. The average molecular weight is 270 g/mol. The lowest BCUT2D eigenvalue weighted by atomic mass is 10.2. The molecule has 0 bridgehead atoms.